The molecule has 1 saturated heterocycles. The second-order valence-electron chi connectivity index (χ2n) is 6.43. The van der Waals surface area contributed by atoms with E-state index in [9.17, 15) is 9.59 Å². The van der Waals surface area contributed by atoms with Crippen LogP contribution in [0.4, 0.5) is 5.69 Å². The van der Waals surface area contributed by atoms with E-state index in [2.05, 4.69) is 5.32 Å². The summed E-state index contributed by atoms with van der Waals surface area (Å²) in [5.41, 5.74) is 2.57. The molecule has 1 N–H and O–H groups in total. The van der Waals surface area contributed by atoms with Crippen molar-refractivity contribution >= 4 is 29.1 Å². The lowest BCUT2D eigenvalue weighted by Crippen LogP contribution is -2.41. The Morgan fingerprint density at radius 1 is 1.08 bits per heavy atom. The van der Waals surface area contributed by atoms with E-state index in [-0.39, 0.29) is 17.7 Å². The number of halogens is 1. The van der Waals surface area contributed by atoms with Crippen LogP contribution < -0.4 is 5.32 Å². The van der Waals surface area contributed by atoms with Crippen molar-refractivity contribution in [2.45, 2.75) is 19.8 Å². The second kappa shape index (κ2) is 7.70. The lowest BCUT2D eigenvalue weighted by atomic mass is 9.95. The molecule has 1 aliphatic heterocycles. The Labute approximate surface area is 152 Å². The molecule has 0 aromatic heterocycles. The number of carbonyl (C=O) groups excluding carboxylic acids is 2. The molecule has 0 radical (unpaired) electrons. The molecular weight excluding hydrogens is 336 g/mol. The average Bonchev–Trinajstić information content (AvgIpc) is 2.62. The number of benzene rings is 2. The number of anilines is 1. The summed E-state index contributed by atoms with van der Waals surface area (Å²) in [7, 11) is 0. The fourth-order valence-electron chi connectivity index (χ4n) is 3.09. The van der Waals surface area contributed by atoms with E-state index in [0.29, 0.717) is 36.5 Å². The van der Waals surface area contributed by atoms with Crippen LogP contribution in [0.5, 0.6) is 0 Å². The van der Waals surface area contributed by atoms with Gasteiger partial charge in [-0.1, -0.05) is 23.7 Å². The van der Waals surface area contributed by atoms with Crippen molar-refractivity contribution in [3.8, 4) is 0 Å². The van der Waals surface area contributed by atoms with Gasteiger partial charge in [-0.2, -0.15) is 0 Å². The van der Waals surface area contributed by atoms with Gasteiger partial charge in [-0.05, 0) is 61.7 Å². The van der Waals surface area contributed by atoms with Crippen LogP contribution >= 0.6 is 11.6 Å². The van der Waals surface area contributed by atoms with Gasteiger partial charge < -0.3 is 10.2 Å². The molecule has 0 unspecified atom stereocenters. The van der Waals surface area contributed by atoms with Gasteiger partial charge in [0.2, 0.25) is 5.91 Å². The normalized spacial score (nSPS) is 15.0. The number of amides is 2. The molecule has 0 aliphatic carbocycles. The first kappa shape index (κ1) is 17.5. The SMILES string of the molecule is Cc1cccc(NC(=O)C2CCN(C(=O)c3ccc(Cl)cc3)CC2)c1. The molecule has 1 aliphatic rings. The summed E-state index contributed by atoms with van der Waals surface area (Å²) in [6.45, 7) is 3.18. The Hall–Kier alpha value is -2.33. The maximum absolute atomic E-state index is 12.5. The zero-order valence-electron chi connectivity index (χ0n) is 14.2. The minimum Gasteiger partial charge on any atom is -0.339 e. The standard InChI is InChI=1S/C20H21ClN2O2/c1-14-3-2-4-18(13-14)22-19(24)15-9-11-23(12-10-15)20(25)16-5-7-17(21)8-6-16/h2-8,13,15H,9-12H2,1H3,(H,22,24). The van der Waals surface area contributed by atoms with Crippen LogP contribution in [0, 0.1) is 12.8 Å². The molecule has 5 heteroatoms. The monoisotopic (exact) mass is 356 g/mol. The molecule has 4 nitrogen and oxygen atoms in total. The molecule has 1 fully saturated rings. The highest BCUT2D eigenvalue weighted by atomic mass is 35.5. The Kier molecular flexibility index (Phi) is 5.39. The molecule has 2 aromatic rings. The average molecular weight is 357 g/mol. The molecule has 3 rings (SSSR count). The highest BCUT2D eigenvalue weighted by Gasteiger charge is 2.27. The third-order valence-electron chi connectivity index (χ3n) is 4.53. The number of piperidine rings is 1. The van der Waals surface area contributed by atoms with Gasteiger partial charge in [0.1, 0.15) is 0 Å². The zero-order chi connectivity index (χ0) is 17.8. The van der Waals surface area contributed by atoms with Gasteiger partial charge in [0.25, 0.3) is 5.91 Å². The molecular formula is C20H21ClN2O2. The molecule has 0 bridgehead atoms. The van der Waals surface area contributed by atoms with E-state index in [1.165, 1.54) is 0 Å². The minimum atomic E-state index is -0.0604. The summed E-state index contributed by atoms with van der Waals surface area (Å²) in [6, 6.07) is 14.7. The van der Waals surface area contributed by atoms with Crippen molar-refractivity contribution < 1.29 is 9.59 Å². The van der Waals surface area contributed by atoms with Crippen molar-refractivity contribution in [2.24, 2.45) is 5.92 Å². The number of rotatable bonds is 3. The summed E-state index contributed by atoms with van der Waals surface area (Å²) in [4.78, 5) is 26.7. The van der Waals surface area contributed by atoms with Crippen molar-refractivity contribution in [3.63, 3.8) is 0 Å². The number of hydrogen-bond acceptors (Lipinski definition) is 2. The van der Waals surface area contributed by atoms with Crippen LogP contribution in [0.2, 0.25) is 5.02 Å². The summed E-state index contributed by atoms with van der Waals surface area (Å²) < 4.78 is 0. The van der Waals surface area contributed by atoms with Crippen LogP contribution in [0.3, 0.4) is 0 Å². The van der Waals surface area contributed by atoms with E-state index >= 15 is 0 Å². The van der Waals surface area contributed by atoms with Gasteiger partial charge in [-0.3, -0.25) is 9.59 Å². The maximum atomic E-state index is 12.5. The van der Waals surface area contributed by atoms with Crippen LogP contribution in [0.1, 0.15) is 28.8 Å². The molecule has 25 heavy (non-hydrogen) atoms. The molecule has 0 saturated carbocycles. The largest absolute Gasteiger partial charge is 0.339 e. The van der Waals surface area contributed by atoms with Crippen LogP contribution in [0.15, 0.2) is 48.5 Å². The van der Waals surface area contributed by atoms with Gasteiger partial charge >= 0.3 is 0 Å². The Balaban J connectivity index is 1.55. The van der Waals surface area contributed by atoms with E-state index in [1.54, 1.807) is 29.2 Å². The van der Waals surface area contributed by atoms with E-state index in [0.717, 1.165) is 11.3 Å². The summed E-state index contributed by atoms with van der Waals surface area (Å²) in [5, 5.41) is 3.59. The van der Waals surface area contributed by atoms with Crippen molar-refractivity contribution in [1.29, 1.82) is 0 Å². The number of nitrogens with one attached hydrogen (secondary N) is 1. The molecule has 1 heterocycles. The van der Waals surface area contributed by atoms with Crippen molar-refractivity contribution in [2.75, 3.05) is 18.4 Å². The number of nitrogens with zero attached hydrogens (tertiary/aromatic N) is 1. The Morgan fingerprint density at radius 3 is 2.40 bits per heavy atom. The lowest BCUT2D eigenvalue weighted by molar-refractivity contribution is -0.121. The third kappa shape index (κ3) is 4.40. The summed E-state index contributed by atoms with van der Waals surface area (Å²) in [6.07, 6.45) is 1.36. The number of hydrogen-bond donors (Lipinski definition) is 1. The number of likely N-dealkylation sites (tertiary alicyclic amines) is 1. The first-order valence-corrected chi connectivity index (χ1v) is 8.83. The van der Waals surface area contributed by atoms with Gasteiger partial charge in [0.05, 0.1) is 0 Å². The van der Waals surface area contributed by atoms with Crippen LogP contribution in [-0.2, 0) is 4.79 Å². The lowest BCUT2D eigenvalue weighted by Gasteiger charge is -2.31. The molecule has 2 aromatic carbocycles. The smallest absolute Gasteiger partial charge is 0.253 e. The molecule has 0 spiro atoms. The van der Waals surface area contributed by atoms with Gasteiger partial charge in [-0.25, -0.2) is 0 Å². The van der Waals surface area contributed by atoms with Crippen LogP contribution in [-0.4, -0.2) is 29.8 Å². The summed E-state index contributed by atoms with van der Waals surface area (Å²) >= 11 is 5.86. The first-order valence-electron chi connectivity index (χ1n) is 8.45. The highest BCUT2D eigenvalue weighted by Crippen LogP contribution is 2.22. The number of carbonyl (C=O) groups is 2. The Morgan fingerprint density at radius 2 is 1.76 bits per heavy atom. The van der Waals surface area contributed by atoms with Crippen molar-refractivity contribution in [1.82, 2.24) is 4.90 Å². The molecule has 130 valence electrons. The fourth-order valence-corrected chi connectivity index (χ4v) is 3.21. The molecule has 0 atom stereocenters. The van der Waals surface area contributed by atoms with Gasteiger partial charge in [-0.15, -0.1) is 0 Å². The van der Waals surface area contributed by atoms with E-state index < -0.39 is 0 Å². The first-order chi connectivity index (χ1) is 12.0. The number of aryl methyl sites for hydroxylation is 1. The van der Waals surface area contributed by atoms with Gasteiger partial charge in [0.15, 0.2) is 0 Å². The van der Waals surface area contributed by atoms with Gasteiger partial charge in [0, 0.05) is 35.3 Å². The predicted octanol–water partition coefficient (Wildman–Crippen LogP) is 4.14. The fraction of sp³-hybridized carbons (Fsp3) is 0.300. The van der Waals surface area contributed by atoms with E-state index in [4.69, 9.17) is 11.6 Å². The topological polar surface area (TPSA) is 49.4 Å². The second-order valence-corrected chi connectivity index (χ2v) is 6.87. The molecule has 2 amide bonds. The predicted molar refractivity (Wildman–Crippen MR) is 99.9 cm³/mol. The highest BCUT2D eigenvalue weighted by molar-refractivity contribution is 6.30. The summed E-state index contributed by atoms with van der Waals surface area (Å²) in [5.74, 6) is -0.0341. The Bertz CT molecular complexity index is 766. The van der Waals surface area contributed by atoms with Crippen molar-refractivity contribution in [3.05, 3.63) is 64.7 Å². The minimum absolute atomic E-state index is 0.00536. The maximum Gasteiger partial charge on any atom is 0.253 e. The quantitative estimate of drug-likeness (QED) is 0.898. The van der Waals surface area contributed by atoms with E-state index in [1.807, 2.05) is 31.2 Å². The zero-order valence-corrected chi connectivity index (χ0v) is 14.9. The third-order valence-corrected chi connectivity index (χ3v) is 4.78. The van der Waals surface area contributed by atoms with Crippen LogP contribution in [0.25, 0.3) is 0 Å².